The molecular weight excluding hydrogens is 553 g/mol. The summed E-state index contributed by atoms with van der Waals surface area (Å²) in [7, 11) is 0. The van der Waals surface area contributed by atoms with Crippen LogP contribution >= 0.6 is 34.8 Å². The monoisotopic (exact) mass is 571 g/mol. The van der Waals surface area contributed by atoms with Crippen LogP contribution in [0.25, 0.3) is 0 Å². The number of benzene rings is 3. The van der Waals surface area contributed by atoms with E-state index in [9.17, 15) is 19.2 Å². The van der Waals surface area contributed by atoms with Crippen LogP contribution in [0.2, 0.25) is 10.0 Å². The van der Waals surface area contributed by atoms with E-state index in [4.69, 9.17) is 39.5 Å². The van der Waals surface area contributed by atoms with E-state index in [-0.39, 0.29) is 38.7 Å². The number of nitrogens with zero attached hydrogens (tertiary/aromatic N) is 1. The van der Waals surface area contributed by atoms with Crippen LogP contribution in [-0.4, -0.2) is 29.8 Å². The molecule has 1 aliphatic heterocycles. The molecule has 38 heavy (non-hydrogen) atoms. The maximum atomic E-state index is 13.1. The molecule has 0 atom stereocenters. The smallest absolute Gasteiger partial charge is 0.338 e. The largest absolute Gasteiger partial charge is 0.459 e. The number of rotatable bonds is 7. The Balaban J connectivity index is 1.50. The predicted molar refractivity (Wildman–Crippen MR) is 147 cm³/mol. The van der Waals surface area contributed by atoms with Crippen molar-refractivity contribution in [2.24, 2.45) is 0 Å². The van der Waals surface area contributed by atoms with Crippen LogP contribution in [0.15, 0.2) is 77.5 Å². The highest BCUT2D eigenvalue weighted by Crippen LogP contribution is 2.31. The van der Waals surface area contributed by atoms with Crippen molar-refractivity contribution in [1.82, 2.24) is 0 Å². The van der Waals surface area contributed by atoms with Gasteiger partial charge >= 0.3 is 5.97 Å². The van der Waals surface area contributed by atoms with E-state index in [1.54, 1.807) is 44.2 Å². The van der Waals surface area contributed by atoms with Gasteiger partial charge in [-0.2, -0.15) is 0 Å². The summed E-state index contributed by atoms with van der Waals surface area (Å²) in [6.45, 7) is 3.46. The van der Waals surface area contributed by atoms with Crippen molar-refractivity contribution in [3.63, 3.8) is 0 Å². The Hall–Kier alpha value is -3.85. The third kappa shape index (κ3) is 5.83. The van der Waals surface area contributed by atoms with Crippen LogP contribution in [0.4, 0.5) is 17.1 Å². The highest BCUT2D eigenvalue weighted by molar-refractivity contribution is 6.53. The Morgan fingerprint density at radius 3 is 2.24 bits per heavy atom. The molecular formula is C27H20Cl3N3O5. The number of halogens is 3. The van der Waals surface area contributed by atoms with Gasteiger partial charge in [0.2, 0.25) is 0 Å². The van der Waals surface area contributed by atoms with E-state index < -0.39 is 23.7 Å². The van der Waals surface area contributed by atoms with Crippen LogP contribution in [0, 0.1) is 0 Å². The molecule has 1 aliphatic rings. The maximum Gasteiger partial charge on any atom is 0.338 e. The highest BCUT2D eigenvalue weighted by Gasteiger charge is 2.39. The molecule has 3 aromatic rings. The van der Waals surface area contributed by atoms with E-state index in [0.717, 1.165) is 4.90 Å². The lowest BCUT2D eigenvalue weighted by Gasteiger charge is -2.16. The summed E-state index contributed by atoms with van der Waals surface area (Å²) in [6, 6.07) is 16.8. The van der Waals surface area contributed by atoms with Crippen LogP contribution in [-0.2, 0) is 14.3 Å². The number of imide groups is 1. The summed E-state index contributed by atoms with van der Waals surface area (Å²) < 4.78 is 5.15. The highest BCUT2D eigenvalue weighted by atomic mass is 35.5. The lowest BCUT2D eigenvalue weighted by atomic mass is 10.1. The Labute approximate surface area is 233 Å². The molecule has 1 heterocycles. The zero-order valence-electron chi connectivity index (χ0n) is 20.1. The van der Waals surface area contributed by atoms with Crippen LogP contribution in [0.5, 0.6) is 0 Å². The van der Waals surface area contributed by atoms with Crippen molar-refractivity contribution >= 4 is 75.6 Å². The molecule has 3 aromatic carbocycles. The van der Waals surface area contributed by atoms with Crippen LogP contribution in [0.3, 0.4) is 0 Å². The molecule has 0 saturated carbocycles. The van der Waals surface area contributed by atoms with Gasteiger partial charge in [-0.1, -0.05) is 40.9 Å². The maximum absolute atomic E-state index is 13.1. The van der Waals surface area contributed by atoms with E-state index in [1.165, 1.54) is 36.4 Å². The minimum Gasteiger partial charge on any atom is -0.459 e. The molecule has 0 aliphatic carbocycles. The first-order valence-electron chi connectivity index (χ1n) is 11.3. The van der Waals surface area contributed by atoms with Gasteiger partial charge in [0, 0.05) is 16.3 Å². The Bertz CT molecular complexity index is 1490. The normalized spacial score (nSPS) is 13.3. The standard InChI is InChI=1S/C27H20Cl3N3O5/c1-14(2)38-27(37)15-6-9-19(10-7-15)33-25(35)22(30)23(26(33)36)31-18-5-3-4-16(12-18)24(34)32-21-11-8-17(28)13-20(21)29/h3-14,31H,1-2H3,(H,32,34). The number of amides is 3. The minimum atomic E-state index is -0.733. The third-order valence-corrected chi connectivity index (χ3v) is 6.20. The molecule has 194 valence electrons. The number of carbonyl (C=O) groups excluding carboxylic acids is 4. The number of nitrogens with one attached hydrogen (secondary N) is 2. The molecule has 0 saturated heterocycles. The summed E-state index contributed by atoms with van der Waals surface area (Å²) >= 11 is 18.3. The molecule has 11 heteroatoms. The van der Waals surface area contributed by atoms with E-state index in [2.05, 4.69) is 10.6 Å². The van der Waals surface area contributed by atoms with Crippen molar-refractivity contribution in [2.75, 3.05) is 15.5 Å². The lowest BCUT2D eigenvalue weighted by Crippen LogP contribution is -2.32. The van der Waals surface area contributed by atoms with Crippen LogP contribution in [0.1, 0.15) is 34.6 Å². The number of esters is 1. The number of hydrogen-bond donors (Lipinski definition) is 2. The zero-order valence-corrected chi connectivity index (χ0v) is 22.3. The fraction of sp³-hybridized carbons (Fsp3) is 0.111. The van der Waals surface area contributed by atoms with Gasteiger partial charge in [0.15, 0.2) is 0 Å². The molecule has 0 unspecified atom stereocenters. The number of carbonyl (C=O) groups is 4. The first kappa shape index (κ1) is 27.2. The van der Waals surface area contributed by atoms with Crippen molar-refractivity contribution in [2.45, 2.75) is 20.0 Å². The van der Waals surface area contributed by atoms with Gasteiger partial charge in [-0.15, -0.1) is 0 Å². The Morgan fingerprint density at radius 1 is 0.868 bits per heavy atom. The molecule has 0 aromatic heterocycles. The average molecular weight is 573 g/mol. The van der Waals surface area contributed by atoms with Crippen molar-refractivity contribution in [3.05, 3.63) is 98.6 Å². The Kier molecular flexibility index (Phi) is 8.06. The van der Waals surface area contributed by atoms with Crippen molar-refractivity contribution < 1.29 is 23.9 Å². The fourth-order valence-corrected chi connectivity index (χ4v) is 4.21. The SMILES string of the molecule is CC(C)OC(=O)c1ccc(N2C(=O)C(Cl)=C(Nc3cccc(C(=O)Nc4ccc(Cl)cc4Cl)c3)C2=O)cc1. The second-order valence-corrected chi connectivity index (χ2v) is 9.64. The van der Waals surface area contributed by atoms with Gasteiger partial charge in [-0.3, -0.25) is 14.4 Å². The van der Waals surface area contributed by atoms with E-state index in [1.807, 2.05) is 0 Å². The average Bonchev–Trinajstić information content (AvgIpc) is 3.08. The first-order chi connectivity index (χ1) is 18.0. The van der Waals surface area contributed by atoms with E-state index in [0.29, 0.717) is 16.4 Å². The van der Waals surface area contributed by atoms with Crippen molar-refractivity contribution in [1.29, 1.82) is 0 Å². The minimum absolute atomic E-state index is 0.154. The number of hydrogen-bond acceptors (Lipinski definition) is 6. The quantitative estimate of drug-likeness (QED) is 0.256. The predicted octanol–water partition coefficient (Wildman–Crippen LogP) is 6.25. The van der Waals surface area contributed by atoms with Crippen molar-refractivity contribution in [3.8, 4) is 0 Å². The molecule has 3 amide bonds. The molecule has 8 nitrogen and oxygen atoms in total. The zero-order chi connectivity index (χ0) is 27.6. The van der Waals surface area contributed by atoms with Gasteiger partial charge < -0.3 is 15.4 Å². The summed E-state index contributed by atoms with van der Waals surface area (Å²) in [5.41, 5.74) is 1.33. The van der Waals surface area contributed by atoms with Gasteiger partial charge in [0.1, 0.15) is 10.7 Å². The van der Waals surface area contributed by atoms with Gasteiger partial charge in [-0.25, -0.2) is 9.69 Å². The van der Waals surface area contributed by atoms with Gasteiger partial charge in [0.05, 0.1) is 28.1 Å². The third-order valence-electron chi connectivity index (χ3n) is 5.30. The topological polar surface area (TPSA) is 105 Å². The summed E-state index contributed by atoms with van der Waals surface area (Å²) in [4.78, 5) is 51.7. The number of ether oxygens (including phenoxy) is 1. The summed E-state index contributed by atoms with van der Waals surface area (Å²) in [5, 5.41) is 5.92. The molecule has 0 bridgehead atoms. The lowest BCUT2D eigenvalue weighted by molar-refractivity contribution is -0.120. The Morgan fingerprint density at radius 2 is 1.58 bits per heavy atom. The number of anilines is 3. The molecule has 0 radical (unpaired) electrons. The second kappa shape index (κ2) is 11.3. The van der Waals surface area contributed by atoms with Gasteiger partial charge in [-0.05, 0) is 74.5 Å². The second-order valence-electron chi connectivity index (χ2n) is 8.42. The molecule has 4 rings (SSSR count). The first-order valence-corrected chi connectivity index (χ1v) is 12.4. The molecule has 2 N–H and O–H groups in total. The molecule has 0 fully saturated rings. The molecule has 0 spiro atoms. The van der Waals surface area contributed by atoms with E-state index >= 15 is 0 Å². The fourth-order valence-electron chi connectivity index (χ4n) is 3.54. The summed E-state index contributed by atoms with van der Waals surface area (Å²) in [6.07, 6.45) is -0.291. The van der Waals surface area contributed by atoms with Gasteiger partial charge in [0.25, 0.3) is 17.7 Å². The summed E-state index contributed by atoms with van der Waals surface area (Å²) in [5.74, 6) is -2.40. The van der Waals surface area contributed by atoms with Crippen LogP contribution < -0.4 is 15.5 Å².